The van der Waals surface area contributed by atoms with Crippen LogP contribution in [0.3, 0.4) is 0 Å². The third-order valence-corrected chi connectivity index (χ3v) is 3.58. The first kappa shape index (κ1) is 14.5. The van der Waals surface area contributed by atoms with E-state index in [0.29, 0.717) is 5.78 Å². The number of allylic oxidation sites excluding steroid dienone is 2. The summed E-state index contributed by atoms with van der Waals surface area (Å²) in [6.45, 7) is 0. The van der Waals surface area contributed by atoms with E-state index in [-0.39, 0.29) is 0 Å². The Morgan fingerprint density at radius 1 is 0.588 bits per heavy atom. The van der Waals surface area contributed by atoms with Crippen molar-refractivity contribution in [2.45, 2.75) is 83.5 Å². The van der Waals surface area contributed by atoms with Crippen molar-refractivity contribution in [1.82, 2.24) is 0 Å². The molecule has 1 heteroatoms. The van der Waals surface area contributed by atoms with Gasteiger partial charge in [0.25, 0.3) is 0 Å². The van der Waals surface area contributed by atoms with Crippen molar-refractivity contribution in [1.29, 1.82) is 0 Å². The first-order valence-electron chi connectivity index (χ1n) is 7.56. The van der Waals surface area contributed by atoms with Gasteiger partial charge in [-0.3, -0.25) is 4.79 Å². The summed E-state index contributed by atoms with van der Waals surface area (Å²) >= 11 is 0. The lowest BCUT2D eigenvalue weighted by Crippen LogP contribution is -1.96. The van der Waals surface area contributed by atoms with Gasteiger partial charge in [-0.1, -0.05) is 57.1 Å². The van der Waals surface area contributed by atoms with Crippen LogP contribution in [0.4, 0.5) is 0 Å². The van der Waals surface area contributed by atoms with E-state index >= 15 is 0 Å². The van der Waals surface area contributed by atoms with Crippen LogP contribution in [0.2, 0.25) is 0 Å². The Morgan fingerprint density at radius 2 is 1.12 bits per heavy atom. The van der Waals surface area contributed by atoms with E-state index in [9.17, 15) is 4.79 Å². The molecule has 98 valence electrons. The largest absolute Gasteiger partial charge is 0.300 e. The molecule has 0 bridgehead atoms. The number of Topliss-reactive ketones (excluding diaryl/α,β-unsaturated/α-hetero) is 1. The molecule has 0 aromatic rings. The molecule has 0 aromatic carbocycles. The van der Waals surface area contributed by atoms with Crippen LogP contribution in [-0.2, 0) is 4.79 Å². The lowest BCUT2D eigenvalue weighted by Gasteiger charge is -2.03. The molecular formula is C16H28O. The fourth-order valence-electron chi connectivity index (χ4n) is 2.43. The quantitative estimate of drug-likeness (QED) is 0.528. The summed E-state index contributed by atoms with van der Waals surface area (Å²) in [6.07, 6.45) is 20.2. The fraction of sp³-hybridized carbons (Fsp3) is 0.812. The molecule has 0 unspecified atom stereocenters. The maximum absolute atomic E-state index is 11.5. The summed E-state index contributed by atoms with van der Waals surface area (Å²) in [4.78, 5) is 11.5. The van der Waals surface area contributed by atoms with Gasteiger partial charge < -0.3 is 0 Å². The minimum absolute atomic E-state index is 0.460. The van der Waals surface area contributed by atoms with Crippen LogP contribution in [0.1, 0.15) is 83.5 Å². The standard InChI is InChI=1S/C16H28O/c17-16-14-12-10-8-6-4-2-1-3-5-7-9-11-13-15-16/h8,10H,1-7,9,11-15H2. The molecule has 0 atom stereocenters. The highest BCUT2D eigenvalue weighted by Crippen LogP contribution is 2.13. The van der Waals surface area contributed by atoms with Gasteiger partial charge in [0.1, 0.15) is 5.78 Å². The molecule has 0 saturated heterocycles. The zero-order chi connectivity index (χ0) is 12.2. The Hall–Kier alpha value is -0.590. The van der Waals surface area contributed by atoms with Gasteiger partial charge in [-0.15, -0.1) is 0 Å². The first-order chi connectivity index (χ1) is 8.39. The van der Waals surface area contributed by atoms with Gasteiger partial charge in [0.2, 0.25) is 0 Å². The molecule has 0 spiro atoms. The Kier molecular flexibility index (Phi) is 8.99. The molecule has 0 heterocycles. The van der Waals surface area contributed by atoms with Crippen molar-refractivity contribution in [2.24, 2.45) is 0 Å². The Morgan fingerprint density at radius 3 is 1.82 bits per heavy atom. The van der Waals surface area contributed by atoms with Crippen molar-refractivity contribution in [2.75, 3.05) is 0 Å². The van der Waals surface area contributed by atoms with Gasteiger partial charge in [0.05, 0.1) is 0 Å². The first-order valence-corrected chi connectivity index (χ1v) is 7.56. The molecule has 0 saturated carbocycles. The smallest absolute Gasteiger partial charge is 0.133 e. The number of rotatable bonds is 0. The van der Waals surface area contributed by atoms with Crippen molar-refractivity contribution in [3.63, 3.8) is 0 Å². The number of hydrogen-bond donors (Lipinski definition) is 0. The highest BCUT2D eigenvalue weighted by atomic mass is 16.1. The van der Waals surface area contributed by atoms with Crippen LogP contribution >= 0.6 is 0 Å². The van der Waals surface area contributed by atoms with Crippen molar-refractivity contribution >= 4 is 5.78 Å². The summed E-state index contributed by atoms with van der Waals surface area (Å²) in [5.41, 5.74) is 0. The minimum atomic E-state index is 0.460. The van der Waals surface area contributed by atoms with E-state index in [2.05, 4.69) is 12.2 Å². The summed E-state index contributed by atoms with van der Waals surface area (Å²) in [6, 6.07) is 0. The van der Waals surface area contributed by atoms with E-state index in [1.165, 1.54) is 57.8 Å². The monoisotopic (exact) mass is 236 g/mol. The second kappa shape index (κ2) is 10.6. The molecule has 0 fully saturated rings. The maximum Gasteiger partial charge on any atom is 0.133 e. The third-order valence-electron chi connectivity index (χ3n) is 3.58. The van der Waals surface area contributed by atoms with Gasteiger partial charge in [-0.05, 0) is 25.7 Å². The number of carbonyl (C=O) groups excluding carboxylic acids is 1. The predicted octanol–water partition coefficient (Wildman–Crippen LogP) is 5.20. The average molecular weight is 236 g/mol. The van der Waals surface area contributed by atoms with Crippen molar-refractivity contribution in [3.8, 4) is 0 Å². The molecule has 1 aliphatic rings. The molecule has 1 nitrogen and oxygen atoms in total. The van der Waals surface area contributed by atoms with Crippen LogP contribution in [-0.4, -0.2) is 5.78 Å². The highest BCUT2D eigenvalue weighted by Gasteiger charge is 2.00. The molecule has 0 aromatic heterocycles. The van der Waals surface area contributed by atoms with E-state index in [1.54, 1.807) is 0 Å². The number of hydrogen-bond acceptors (Lipinski definition) is 1. The second-order valence-electron chi connectivity index (χ2n) is 5.27. The van der Waals surface area contributed by atoms with Gasteiger partial charge in [0.15, 0.2) is 0 Å². The van der Waals surface area contributed by atoms with Crippen LogP contribution < -0.4 is 0 Å². The fourth-order valence-corrected chi connectivity index (χ4v) is 2.43. The van der Waals surface area contributed by atoms with Crippen LogP contribution in [0, 0.1) is 0 Å². The Labute approximate surface area is 107 Å². The van der Waals surface area contributed by atoms with Gasteiger partial charge in [0, 0.05) is 12.8 Å². The maximum atomic E-state index is 11.5. The molecule has 1 rings (SSSR count). The zero-order valence-corrected chi connectivity index (χ0v) is 11.3. The minimum Gasteiger partial charge on any atom is -0.300 e. The molecule has 0 radical (unpaired) electrons. The van der Waals surface area contributed by atoms with E-state index in [4.69, 9.17) is 0 Å². The highest BCUT2D eigenvalue weighted by molar-refractivity contribution is 5.78. The van der Waals surface area contributed by atoms with E-state index in [0.717, 1.165) is 25.7 Å². The molecule has 17 heavy (non-hydrogen) atoms. The third kappa shape index (κ3) is 9.14. The van der Waals surface area contributed by atoms with Gasteiger partial charge in [-0.25, -0.2) is 0 Å². The molecule has 0 N–H and O–H groups in total. The predicted molar refractivity (Wildman–Crippen MR) is 74.2 cm³/mol. The molecular weight excluding hydrogens is 208 g/mol. The van der Waals surface area contributed by atoms with Crippen LogP contribution in [0.15, 0.2) is 12.2 Å². The molecule has 0 aliphatic heterocycles. The Balaban J connectivity index is 2.19. The molecule has 0 amide bonds. The topological polar surface area (TPSA) is 17.1 Å². The lowest BCUT2D eigenvalue weighted by molar-refractivity contribution is -0.119. The number of ketones is 1. The summed E-state index contributed by atoms with van der Waals surface area (Å²) < 4.78 is 0. The van der Waals surface area contributed by atoms with Gasteiger partial charge >= 0.3 is 0 Å². The zero-order valence-electron chi connectivity index (χ0n) is 11.3. The van der Waals surface area contributed by atoms with Crippen LogP contribution in [0.5, 0.6) is 0 Å². The van der Waals surface area contributed by atoms with E-state index in [1.807, 2.05) is 0 Å². The van der Waals surface area contributed by atoms with E-state index < -0.39 is 0 Å². The van der Waals surface area contributed by atoms with Crippen molar-refractivity contribution < 1.29 is 4.79 Å². The number of carbonyl (C=O) groups is 1. The van der Waals surface area contributed by atoms with Crippen LogP contribution in [0.25, 0.3) is 0 Å². The summed E-state index contributed by atoms with van der Waals surface area (Å²) in [5, 5.41) is 0. The molecule has 1 aliphatic carbocycles. The normalized spacial score (nSPS) is 22.5. The lowest BCUT2D eigenvalue weighted by atomic mass is 10.0. The second-order valence-corrected chi connectivity index (χ2v) is 5.27. The van der Waals surface area contributed by atoms with Gasteiger partial charge in [-0.2, -0.15) is 0 Å². The SMILES string of the molecule is O=C1CCC=CCCCCCCCCCCC1. The van der Waals surface area contributed by atoms with Crippen molar-refractivity contribution in [3.05, 3.63) is 12.2 Å². The summed E-state index contributed by atoms with van der Waals surface area (Å²) in [7, 11) is 0. The summed E-state index contributed by atoms with van der Waals surface area (Å²) in [5.74, 6) is 0.460. The Bertz CT molecular complexity index is 218. The average Bonchev–Trinajstić information content (AvgIpc) is 2.32.